The van der Waals surface area contributed by atoms with Gasteiger partial charge >= 0.3 is 0 Å². The van der Waals surface area contributed by atoms with Gasteiger partial charge < -0.3 is 10.1 Å². The summed E-state index contributed by atoms with van der Waals surface area (Å²) in [5.74, 6) is 0.350. The first-order valence-electron chi connectivity index (χ1n) is 8.81. The maximum Gasteiger partial charge on any atom is 0.255 e. The Hall–Kier alpha value is -2.38. The molecule has 0 saturated heterocycles. The highest BCUT2D eigenvalue weighted by Crippen LogP contribution is 2.27. The maximum absolute atomic E-state index is 12.8. The van der Waals surface area contributed by atoms with Gasteiger partial charge in [-0.2, -0.15) is 4.31 Å². The van der Waals surface area contributed by atoms with E-state index in [-0.39, 0.29) is 10.8 Å². The van der Waals surface area contributed by atoms with Gasteiger partial charge in [-0.3, -0.25) is 4.79 Å². The summed E-state index contributed by atoms with van der Waals surface area (Å²) < 4.78 is 32.2. The fourth-order valence-corrected chi connectivity index (χ4v) is 4.32. The van der Waals surface area contributed by atoms with Crippen molar-refractivity contribution in [2.24, 2.45) is 0 Å². The second kappa shape index (κ2) is 8.54. The Bertz CT molecular complexity index is 918. The minimum absolute atomic E-state index is 0.180. The van der Waals surface area contributed by atoms with E-state index in [0.29, 0.717) is 30.1 Å². The Labute approximate surface area is 161 Å². The molecule has 1 N–H and O–H groups in total. The van der Waals surface area contributed by atoms with Crippen LogP contribution in [0.2, 0.25) is 0 Å². The van der Waals surface area contributed by atoms with Crippen LogP contribution in [0.25, 0.3) is 0 Å². The molecule has 0 aliphatic rings. The van der Waals surface area contributed by atoms with Crippen LogP contribution in [-0.4, -0.2) is 38.8 Å². The number of carbonyl (C=O) groups is 1. The van der Waals surface area contributed by atoms with Crippen molar-refractivity contribution in [3.8, 4) is 5.75 Å². The summed E-state index contributed by atoms with van der Waals surface area (Å²) in [4.78, 5) is 12.8. The molecule has 0 aliphatic carbocycles. The predicted octanol–water partition coefficient (Wildman–Crippen LogP) is 3.59. The van der Waals surface area contributed by atoms with Crippen LogP contribution in [0, 0.1) is 13.8 Å². The Balaban J connectivity index is 2.39. The number of hydrogen-bond acceptors (Lipinski definition) is 4. The topological polar surface area (TPSA) is 75.7 Å². The van der Waals surface area contributed by atoms with Crippen molar-refractivity contribution >= 4 is 21.6 Å². The molecule has 2 rings (SSSR count). The zero-order chi connectivity index (χ0) is 20.2. The van der Waals surface area contributed by atoms with Crippen molar-refractivity contribution in [3.05, 3.63) is 53.1 Å². The Morgan fingerprint density at radius 2 is 1.67 bits per heavy atom. The standard InChI is InChI=1S/C20H26N2O4S/c1-6-22(7-2)27(24,25)18-12-14(3)15(4)19(13-18)21-20(23)16-8-10-17(26-5)11-9-16/h8-13H,6-7H2,1-5H3,(H,21,23). The molecule has 7 heteroatoms. The van der Waals surface area contributed by atoms with E-state index in [4.69, 9.17) is 4.74 Å². The van der Waals surface area contributed by atoms with Gasteiger partial charge in [0.15, 0.2) is 0 Å². The smallest absolute Gasteiger partial charge is 0.255 e. The lowest BCUT2D eigenvalue weighted by Crippen LogP contribution is -2.30. The highest BCUT2D eigenvalue weighted by Gasteiger charge is 2.23. The highest BCUT2D eigenvalue weighted by molar-refractivity contribution is 7.89. The maximum atomic E-state index is 12.8. The summed E-state index contributed by atoms with van der Waals surface area (Å²) in [7, 11) is -2.05. The van der Waals surface area contributed by atoms with Crippen LogP contribution >= 0.6 is 0 Å². The summed E-state index contributed by atoms with van der Waals surface area (Å²) in [5, 5.41) is 2.83. The van der Waals surface area contributed by atoms with Gasteiger partial charge in [0.25, 0.3) is 5.91 Å². The minimum Gasteiger partial charge on any atom is -0.497 e. The van der Waals surface area contributed by atoms with Crippen molar-refractivity contribution in [3.63, 3.8) is 0 Å². The number of carbonyl (C=O) groups excluding carboxylic acids is 1. The summed E-state index contributed by atoms with van der Waals surface area (Å²) in [5.41, 5.74) is 2.58. The Morgan fingerprint density at radius 1 is 1.07 bits per heavy atom. The third kappa shape index (κ3) is 4.48. The fourth-order valence-electron chi connectivity index (χ4n) is 2.75. The number of nitrogens with one attached hydrogen (secondary N) is 1. The molecule has 0 spiro atoms. The molecule has 0 unspecified atom stereocenters. The minimum atomic E-state index is -3.61. The zero-order valence-corrected chi connectivity index (χ0v) is 17.2. The number of methoxy groups -OCH3 is 1. The van der Waals surface area contributed by atoms with Crippen molar-refractivity contribution in [1.82, 2.24) is 4.31 Å². The number of ether oxygens (including phenoxy) is 1. The summed E-state index contributed by atoms with van der Waals surface area (Å²) in [6.45, 7) is 8.06. The molecule has 0 fully saturated rings. The Kier molecular flexibility index (Phi) is 6.62. The van der Waals surface area contributed by atoms with Gasteiger partial charge in [-0.05, 0) is 61.4 Å². The van der Waals surface area contributed by atoms with Gasteiger partial charge in [-0.1, -0.05) is 13.8 Å². The molecule has 2 aromatic rings. The number of rotatable bonds is 7. The number of hydrogen-bond donors (Lipinski definition) is 1. The third-order valence-corrected chi connectivity index (χ3v) is 6.61. The summed E-state index contributed by atoms with van der Waals surface area (Å²) >= 11 is 0. The fraction of sp³-hybridized carbons (Fsp3) is 0.350. The first-order valence-corrected chi connectivity index (χ1v) is 10.2. The number of anilines is 1. The van der Waals surface area contributed by atoms with E-state index in [1.54, 1.807) is 51.3 Å². The lowest BCUT2D eigenvalue weighted by atomic mass is 10.1. The predicted molar refractivity (Wildman–Crippen MR) is 107 cm³/mol. The molecular formula is C20H26N2O4S. The van der Waals surface area contributed by atoms with Crippen LogP contribution < -0.4 is 10.1 Å². The number of nitrogens with zero attached hydrogens (tertiary/aromatic N) is 1. The van der Waals surface area contributed by atoms with Gasteiger partial charge in [0.2, 0.25) is 10.0 Å². The second-order valence-electron chi connectivity index (χ2n) is 6.18. The van der Waals surface area contributed by atoms with Crippen molar-refractivity contribution < 1.29 is 17.9 Å². The van der Waals surface area contributed by atoms with Crippen LogP contribution in [-0.2, 0) is 10.0 Å². The lowest BCUT2D eigenvalue weighted by Gasteiger charge is -2.20. The quantitative estimate of drug-likeness (QED) is 0.784. The van der Waals surface area contributed by atoms with E-state index in [1.165, 1.54) is 10.4 Å². The summed E-state index contributed by atoms with van der Waals surface area (Å²) in [6.07, 6.45) is 0. The van der Waals surface area contributed by atoms with E-state index < -0.39 is 10.0 Å². The van der Waals surface area contributed by atoms with Crippen molar-refractivity contribution in [2.45, 2.75) is 32.6 Å². The highest BCUT2D eigenvalue weighted by atomic mass is 32.2. The van der Waals surface area contributed by atoms with Gasteiger partial charge in [0.05, 0.1) is 12.0 Å². The van der Waals surface area contributed by atoms with Gasteiger partial charge in [-0.25, -0.2) is 8.42 Å². The molecule has 146 valence electrons. The number of sulfonamides is 1. The second-order valence-corrected chi connectivity index (χ2v) is 8.12. The first kappa shape index (κ1) is 20.9. The van der Waals surface area contributed by atoms with Gasteiger partial charge in [0, 0.05) is 24.3 Å². The molecule has 0 atom stereocenters. The van der Waals surface area contributed by atoms with Crippen LogP contribution in [0.4, 0.5) is 5.69 Å². The third-order valence-electron chi connectivity index (χ3n) is 4.58. The van der Waals surface area contributed by atoms with Crippen LogP contribution in [0.15, 0.2) is 41.3 Å². The largest absolute Gasteiger partial charge is 0.497 e. The average Bonchev–Trinajstić information content (AvgIpc) is 2.65. The molecule has 0 aliphatic heterocycles. The molecule has 1 amide bonds. The van der Waals surface area contributed by atoms with Gasteiger partial charge in [0.1, 0.15) is 5.75 Å². The van der Waals surface area contributed by atoms with E-state index in [1.807, 2.05) is 13.8 Å². The van der Waals surface area contributed by atoms with Gasteiger partial charge in [-0.15, -0.1) is 0 Å². The number of aryl methyl sites for hydroxylation is 1. The molecule has 27 heavy (non-hydrogen) atoms. The number of amides is 1. The lowest BCUT2D eigenvalue weighted by molar-refractivity contribution is 0.102. The summed E-state index contributed by atoms with van der Waals surface area (Å²) in [6, 6.07) is 9.89. The van der Waals surface area contributed by atoms with Crippen molar-refractivity contribution in [2.75, 3.05) is 25.5 Å². The average molecular weight is 391 g/mol. The molecule has 0 aromatic heterocycles. The van der Waals surface area contributed by atoms with Crippen LogP contribution in [0.5, 0.6) is 5.75 Å². The zero-order valence-electron chi connectivity index (χ0n) is 16.4. The molecule has 6 nitrogen and oxygen atoms in total. The normalized spacial score (nSPS) is 11.5. The monoisotopic (exact) mass is 390 g/mol. The van der Waals surface area contributed by atoms with E-state index in [2.05, 4.69) is 5.32 Å². The SMILES string of the molecule is CCN(CC)S(=O)(=O)c1cc(C)c(C)c(NC(=O)c2ccc(OC)cc2)c1. The van der Waals surface area contributed by atoms with E-state index >= 15 is 0 Å². The Morgan fingerprint density at radius 3 is 2.19 bits per heavy atom. The molecule has 0 bridgehead atoms. The molecule has 0 heterocycles. The van der Waals surface area contributed by atoms with Crippen LogP contribution in [0.1, 0.15) is 35.3 Å². The van der Waals surface area contributed by atoms with Crippen LogP contribution in [0.3, 0.4) is 0 Å². The van der Waals surface area contributed by atoms with Crippen molar-refractivity contribution in [1.29, 1.82) is 0 Å². The molecule has 0 radical (unpaired) electrons. The van der Waals surface area contributed by atoms with E-state index in [0.717, 1.165) is 11.1 Å². The molecule has 2 aromatic carbocycles. The van der Waals surface area contributed by atoms with E-state index in [9.17, 15) is 13.2 Å². The first-order chi connectivity index (χ1) is 12.7. The number of benzene rings is 2. The molecular weight excluding hydrogens is 364 g/mol. The molecule has 0 saturated carbocycles.